The monoisotopic (exact) mass is 515 g/mol. The zero-order valence-corrected chi connectivity index (χ0v) is 18.9. The standard InChI is InChI=1S/C22H27F2N3O.HI/c1-2-25-21(26-15-17-3-7-19(23)8-4-17)27-16-22(11-13-28-14-12-22)18-5-9-20(24)10-6-18;/h3-10H,2,11-16H2,1H3,(H2,25,26,27);1H. The van der Waals surface area contributed by atoms with Crippen LogP contribution in [0.4, 0.5) is 8.78 Å². The number of hydrogen-bond donors (Lipinski definition) is 2. The molecule has 29 heavy (non-hydrogen) atoms. The lowest BCUT2D eigenvalue weighted by Gasteiger charge is -2.38. The maximum absolute atomic E-state index is 13.4. The highest BCUT2D eigenvalue weighted by Crippen LogP contribution is 2.34. The Kier molecular flexibility index (Phi) is 9.29. The first-order valence-corrected chi connectivity index (χ1v) is 9.72. The maximum atomic E-state index is 13.4. The first-order chi connectivity index (χ1) is 13.6. The van der Waals surface area contributed by atoms with Gasteiger partial charge in [-0.1, -0.05) is 24.3 Å². The average Bonchev–Trinajstić information content (AvgIpc) is 2.72. The molecule has 2 aromatic rings. The summed E-state index contributed by atoms with van der Waals surface area (Å²) in [5.41, 5.74) is 1.93. The van der Waals surface area contributed by atoms with Crippen molar-refractivity contribution in [3.8, 4) is 0 Å². The van der Waals surface area contributed by atoms with Crippen molar-refractivity contribution in [1.29, 1.82) is 0 Å². The van der Waals surface area contributed by atoms with Crippen LogP contribution in [0.3, 0.4) is 0 Å². The van der Waals surface area contributed by atoms with Crippen LogP contribution < -0.4 is 10.6 Å². The summed E-state index contributed by atoms with van der Waals surface area (Å²) in [5.74, 6) is 0.228. The highest BCUT2D eigenvalue weighted by Gasteiger charge is 2.34. The van der Waals surface area contributed by atoms with Gasteiger partial charge in [-0.2, -0.15) is 0 Å². The first-order valence-electron chi connectivity index (χ1n) is 9.72. The van der Waals surface area contributed by atoms with Gasteiger partial charge in [-0.3, -0.25) is 0 Å². The predicted octanol–water partition coefficient (Wildman–Crippen LogP) is 4.39. The molecule has 0 atom stereocenters. The van der Waals surface area contributed by atoms with Crippen molar-refractivity contribution in [3.63, 3.8) is 0 Å². The third kappa shape index (κ3) is 6.64. The van der Waals surface area contributed by atoms with E-state index in [4.69, 9.17) is 4.74 Å². The zero-order valence-electron chi connectivity index (χ0n) is 16.6. The number of nitrogens with one attached hydrogen (secondary N) is 2. The molecule has 0 saturated carbocycles. The van der Waals surface area contributed by atoms with E-state index in [1.807, 2.05) is 19.1 Å². The van der Waals surface area contributed by atoms with E-state index in [-0.39, 0.29) is 41.0 Å². The number of nitrogens with zero attached hydrogens (tertiary/aromatic N) is 1. The molecule has 1 heterocycles. The topological polar surface area (TPSA) is 45.7 Å². The molecule has 0 spiro atoms. The van der Waals surface area contributed by atoms with Crippen LogP contribution in [0.1, 0.15) is 30.9 Å². The van der Waals surface area contributed by atoms with Crippen LogP contribution in [0.15, 0.2) is 53.5 Å². The van der Waals surface area contributed by atoms with Gasteiger partial charge in [0.15, 0.2) is 5.96 Å². The lowest BCUT2D eigenvalue weighted by molar-refractivity contribution is 0.0513. The summed E-state index contributed by atoms with van der Waals surface area (Å²) in [4.78, 5) is 4.62. The fraction of sp³-hybridized carbons (Fsp3) is 0.409. The molecule has 1 fully saturated rings. The van der Waals surface area contributed by atoms with E-state index in [1.165, 1.54) is 24.3 Å². The summed E-state index contributed by atoms with van der Waals surface area (Å²) < 4.78 is 32.0. The second-order valence-corrected chi connectivity index (χ2v) is 7.07. The fourth-order valence-corrected chi connectivity index (χ4v) is 3.49. The van der Waals surface area contributed by atoms with Crippen LogP contribution in [0.5, 0.6) is 0 Å². The second kappa shape index (κ2) is 11.4. The molecule has 0 radical (unpaired) electrons. The van der Waals surface area contributed by atoms with E-state index < -0.39 is 0 Å². The van der Waals surface area contributed by atoms with Crippen LogP contribution in [-0.2, 0) is 16.7 Å². The van der Waals surface area contributed by atoms with Gasteiger partial charge in [-0.05, 0) is 55.2 Å². The molecule has 0 unspecified atom stereocenters. The van der Waals surface area contributed by atoms with Crippen molar-refractivity contribution in [2.24, 2.45) is 4.99 Å². The highest BCUT2D eigenvalue weighted by molar-refractivity contribution is 14.0. The van der Waals surface area contributed by atoms with Gasteiger partial charge in [-0.15, -0.1) is 24.0 Å². The number of ether oxygens (including phenoxy) is 1. The van der Waals surface area contributed by atoms with E-state index in [2.05, 4.69) is 15.6 Å². The minimum atomic E-state index is -0.251. The number of rotatable bonds is 6. The Morgan fingerprint density at radius 2 is 1.55 bits per heavy atom. The largest absolute Gasteiger partial charge is 0.381 e. The molecule has 1 aliphatic heterocycles. The Bertz CT molecular complexity index is 776. The van der Waals surface area contributed by atoms with Gasteiger partial charge in [0.2, 0.25) is 0 Å². The summed E-state index contributed by atoms with van der Waals surface area (Å²) in [6.45, 7) is 5.26. The van der Waals surface area contributed by atoms with Gasteiger partial charge >= 0.3 is 0 Å². The number of guanidine groups is 1. The van der Waals surface area contributed by atoms with Gasteiger partial charge in [0, 0.05) is 31.7 Å². The van der Waals surface area contributed by atoms with Gasteiger partial charge in [0.1, 0.15) is 11.6 Å². The zero-order chi connectivity index (χ0) is 19.8. The average molecular weight is 515 g/mol. The van der Waals surface area contributed by atoms with Gasteiger partial charge < -0.3 is 15.4 Å². The molecule has 1 aliphatic rings. The molecule has 2 N–H and O–H groups in total. The number of halogens is 3. The maximum Gasteiger partial charge on any atom is 0.191 e. The Morgan fingerprint density at radius 1 is 0.966 bits per heavy atom. The minimum Gasteiger partial charge on any atom is -0.381 e. The van der Waals surface area contributed by atoms with Crippen LogP contribution in [0.25, 0.3) is 0 Å². The van der Waals surface area contributed by atoms with Gasteiger partial charge in [-0.25, -0.2) is 13.8 Å². The summed E-state index contributed by atoms with van der Waals surface area (Å²) in [6.07, 6.45) is 1.73. The summed E-state index contributed by atoms with van der Waals surface area (Å²) >= 11 is 0. The third-order valence-corrected chi connectivity index (χ3v) is 5.18. The van der Waals surface area contributed by atoms with E-state index >= 15 is 0 Å². The summed E-state index contributed by atoms with van der Waals surface area (Å²) in [5, 5.41) is 6.70. The van der Waals surface area contributed by atoms with Gasteiger partial charge in [0.25, 0.3) is 0 Å². The molecular formula is C22H28F2IN3O. The van der Waals surface area contributed by atoms with Crippen molar-refractivity contribution in [1.82, 2.24) is 10.6 Å². The quantitative estimate of drug-likeness (QED) is 0.341. The van der Waals surface area contributed by atoms with E-state index in [9.17, 15) is 8.78 Å². The molecule has 7 heteroatoms. The lowest BCUT2D eigenvalue weighted by Crippen LogP contribution is -2.48. The number of hydrogen-bond acceptors (Lipinski definition) is 2. The smallest absolute Gasteiger partial charge is 0.191 e. The number of aliphatic imine (C=N–C) groups is 1. The molecule has 0 amide bonds. The van der Waals surface area contributed by atoms with E-state index in [0.29, 0.717) is 32.3 Å². The Morgan fingerprint density at radius 3 is 2.14 bits per heavy atom. The Balaban J connectivity index is 0.00000300. The van der Waals surface area contributed by atoms with Crippen LogP contribution in [0.2, 0.25) is 0 Å². The summed E-state index contributed by atoms with van der Waals surface area (Å²) in [7, 11) is 0. The molecule has 4 nitrogen and oxygen atoms in total. The van der Waals surface area contributed by atoms with Crippen molar-refractivity contribution < 1.29 is 13.5 Å². The number of benzene rings is 2. The van der Waals surface area contributed by atoms with E-state index in [1.54, 1.807) is 12.1 Å². The van der Waals surface area contributed by atoms with Crippen LogP contribution in [-0.4, -0.2) is 32.3 Å². The van der Waals surface area contributed by atoms with Crippen LogP contribution >= 0.6 is 24.0 Å². The molecule has 0 aliphatic carbocycles. The highest BCUT2D eigenvalue weighted by atomic mass is 127. The van der Waals surface area contributed by atoms with Crippen molar-refractivity contribution in [2.45, 2.75) is 31.7 Å². The molecular weight excluding hydrogens is 487 g/mol. The fourth-order valence-electron chi connectivity index (χ4n) is 3.49. The molecule has 0 aromatic heterocycles. The molecule has 1 saturated heterocycles. The minimum absolute atomic E-state index is 0. The molecule has 0 bridgehead atoms. The predicted molar refractivity (Wildman–Crippen MR) is 123 cm³/mol. The van der Waals surface area contributed by atoms with Crippen molar-refractivity contribution in [2.75, 3.05) is 26.3 Å². The molecule has 3 rings (SSSR count). The Hall–Kier alpha value is -1.74. The second-order valence-electron chi connectivity index (χ2n) is 7.07. The molecule has 158 valence electrons. The van der Waals surface area contributed by atoms with Gasteiger partial charge in [0.05, 0.1) is 6.54 Å². The first kappa shape index (κ1) is 23.5. The van der Waals surface area contributed by atoms with E-state index in [0.717, 1.165) is 30.5 Å². The normalized spacial score (nSPS) is 16.0. The SMILES string of the molecule is CCNC(=NCc1ccc(F)cc1)NCC1(c2ccc(F)cc2)CCOCC1.I. The lowest BCUT2D eigenvalue weighted by atomic mass is 9.74. The van der Waals surface area contributed by atoms with Crippen molar-refractivity contribution >= 4 is 29.9 Å². The van der Waals surface area contributed by atoms with Crippen LogP contribution in [0, 0.1) is 11.6 Å². The van der Waals surface area contributed by atoms with Crippen molar-refractivity contribution in [3.05, 3.63) is 71.3 Å². The summed E-state index contributed by atoms with van der Waals surface area (Å²) in [6, 6.07) is 13.1. The Labute approximate surface area is 188 Å². The molecule has 2 aromatic carbocycles. The third-order valence-electron chi connectivity index (χ3n) is 5.18.